The van der Waals surface area contributed by atoms with Crippen molar-refractivity contribution in [1.29, 1.82) is 0 Å². The Kier molecular flexibility index (Phi) is 7.81. The van der Waals surface area contributed by atoms with Gasteiger partial charge in [-0.2, -0.15) is 0 Å². The maximum atomic E-state index is 10.7. The number of nitrogens with zero attached hydrogens (tertiary/aromatic N) is 1. The third-order valence-electron chi connectivity index (χ3n) is 4.34. The summed E-state index contributed by atoms with van der Waals surface area (Å²) >= 11 is 0. The van der Waals surface area contributed by atoms with Crippen LogP contribution >= 0.6 is 0 Å². The van der Waals surface area contributed by atoms with Gasteiger partial charge < -0.3 is 10.0 Å². The lowest BCUT2D eigenvalue weighted by atomic mass is 9.75. The predicted molar refractivity (Wildman–Crippen MR) is 80.8 cm³/mol. The van der Waals surface area contributed by atoms with Crippen molar-refractivity contribution in [3.8, 4) is 0 Å². The van der Waals surface area contributed by atoms with Crippen LogP contribution in [0.4, 0.5) is 0 Å². The summed E-state index contributed by atoms with van der Waals surface area (Å²) < 4.78 is 0. The van der Waals surface area contributed by atoms with Crippen molar-refractivity contribution in [3.05, 3.63) is 12.2 Å². The number of hydrogen-bond donors (Lipinski definition) is 1. The zero-order chi connectivity index (χ0) is 14.3. The molecule has 108 valence electrons. The van der Waals surface area contributed by atoms with Crippen LogP contribution in [0.3, 0.4) is 0 Å². The van der Waals surface area contributed by atoms with Gasteiger partial charge in [0.1, 0.15) is 0 Å². The van der Waals surface area contributed by atoms with Crippen LogP contribution in [0.1, 0.15) is 54.4 Å². The third-order valence-corrected chi connectivity index (χ3v) is 4.34. The first-order chi connectivity index (χ1) is 8.31. The van der Waals surface area contributed by atoms with Crippen LogP contribution < -0.4 is 0 Å². The zero-order valence-electron chi connectivity index (χ0n) is 13.4. The molecule has 3 atom stereocenters. The van der Waals surface area contributed by atoms with Crippen LogP contribution in [-0.2, 0) is 0 Å². The first-order valence-corrected chi connectivity index (χ1v) is 7.31. The average molecular weight is 255 g/mol. The van der Waals surface area contributed by atoms with Crippen molar-refractivity contribution < 1.29 is 5.11 Å². The first-order valence-electron chi connectivity index (χ1n) is 7.31. The lowest BCUT2D eigenvalue weighted by Gasteiger charge is -2.44. The van der Waals surface area contributed by atoms with Crippen LogP contribution in [0.15, 0.2) is 12.2 Å². The maximum Gasteiger partial charge on any atom is 0.0728 e. The summed E-state index contributed by atoms with van der Waals surface area (Å²) in [5, 5.41) is 10.7. The second-order valence-electron chi connectivity index (χ2n) is 6.13. The standard InChI is InChI=1S/C16H33NO/c1-8-11-12-13(4)14(18)15(17(7)10-3)16(5,6)9-2/h8,11,13-15,18H,9-10,12H2,1-7H3/b11-8+/t13-,14-,15?/m1/s1. The van der Waals surface area contributed by atoms with E-state index in [9.17, 15) is 5.11 Å². The van der Waals surface area contributed by atoms with Crippen LogP contribution in [0.5, 0.6) is 0 Å². The van der Waals surface area contributed by atoms with Crippen molar-refractivity contribution >= 4 is 0 Å². The Morgan fingerprint density at radius 2 is 1.83 bits per heavy atom. The van der Waals surface area contributed by atoms with Gasteiger partial charge in [0.25, 0.3) is 0 Å². The second kappa shape index (κ2) is 7.96. The Morgan fingerprint density at radius 1 is 1.28 bits per heavy atom. The van der Waals surface area contributed by atoms with Crippen LogP contribution in [-0.4, -0.2) is 35.7 Å². The van der Waals surface area contributed by atoms with Crippen LogP contribution in [0.25, 0.3) is 0 Å². The van der Waals surface area contributed by atoms with Gasteiger partial charge in [-0.3, -0.25) is 0 Å². The second-order valence-corrected chi connectivity index (χ2v) is 6.13. The van der Waals surface area contributed by atoms with Crippen LogP contribution in [0.2, 0.25) is 0 Å². The van der Waals surface area contributed by atoms with E-state index >= 15 is 0 Å². The number of rotatable bonds is 8. The fourth-order valence-electron chi connectivity index (χ4n) is 2.53. The molecular weight excluding hydrogens is 222 g/mol. The molecule has 18 heavy (non-hydrogen) atoms. The summed E-state index contributed by atoms with van der Waals surface area (Å²) in [5.74, 6) is 0.297. The topological polar surface area (TPSA) is 23.5 Å². The minimum atomic E-state index is -0.277. The first kappa shape index (κ1) is 17.7. The summed E-state index contributed by atoms with van der Waals surface area (Å²) in [6, 6.07) is 0.216. The van der Waals surface area contributed by atoms with E-state index in [1.165, 1.54) is 0 Å². The Bertz CT molecular complexity index is 247. The number of allylic oxidation sites excluding steroid dienone is 2. The Balaban J connectivity index is 4.96. The highest BCUT2D eigenvalue weighted by Crippen LogP contribution is 2.33. The van der Waals surface area contributed by atoms with E-state index in [4.69, 9.17) is 0 Å². The summed E-state index contributed by atoms with van der Waals surface area (Å²) in [7, 11) is 2.12. The molecule has 0 aromatic heterocycles. The molecule has 0 amide bonds. The highest BCUT2D eigenvalue weighted by atomic mass is 16.3. The molecule has 0 radical (unpaired) electrons. The van der Waals surface area contributed by atoms with Gasteiger partial charge in [0.2, 0.25) is 0 Å². The van der Waals surface area contributed by atoms with Crippen molar-refractivity contribution in [1.82, 2.24) is 4.90 Å². The van der Waals surface area contributed by atoms with Gasteiger partial charge in [-0.1, -0.05) is 46.8 Å². The Labute approximate surface area is 114 Å². The smallest absolute Gasteiger partial charge is 0.0728 e. The highest BCUT2D eigenvalue weighted by molar-refractivity contribution is 4.93. The zero-order valence-corrected chi connectivity index (χ0v) is 13.4. The highest BCUT2D eigenvalue weighted by Gasteiger charge is 2.37. The van der Waals surface area contributed by atoms with Gasteiger partial charge in [-0.05, 0) is 44.7 Å². The quantitative estimate of drug-likeness (QED) is 0.668. The largest absolute Gasteiger partial charge is 0.391 e. The maximum absolute atomic E-state index is 10.7. The van der Waals surface area contributed by atoms with E-state index in [1.54, 1.807) is 0 Å². The molecule has 0 fully saturated rings. The van der Waals surface area contributed by atoms with Crippen molar-refractivity contribution in [2.75, 3.05) is 13.6 Å². The molecule has 0 heterocycles. The van der Waals surface area contributed by atoms with E-state index in [1.807, 2.05) is 6.92 Å². The van der Waals surface area contributed by atoms with Crippen molar-refractivity contribution in [2.24, 2.45) is 11.3 Å². The molecule has 0 aromatic carbocycles. The number of aliphatic hydroxyl groups excluding tert-OH is 1. The average Bonchev–Trinajstić information content (AvgIpc) is 2.35. The summed E-state index contributed by atoms with van der Waals surface area (Å²) in [4.78, 5) is 2.29. The molecule has 0 aromatic rings. The van der Waals surface area contributed by atoms with E-state index in [0.29, 0.717) is 5.92 Å². The number of aliphatic hydroxyl groups is 1. The molecule has 2 nitrogen and oxygen atoms in total. The molecule has 0 rings (SSSR count). The Hall–Kier alpha value is -0.340. The SMILES string of the molecule is C/C=C/C[C@@H](C)[C@@H](O)C(N(C)CC)C(C)(C)CC. The molecule has 2 heteroatoms. The van der Waals surface area contributed by atoms with Gasteiger partial charge in [-0.25, -0.2) is 0 Å². The summed E-state index contributed by atoms with van der Waals surface area (Å²) in [5.41, 5.74) is 0.133. The molecule has 1 N–H and O–H groups in total. The molecule has 0 saturated heterocycles. The molecule has 0 aliphatic heterocycles. The summed E-state index contributed by atoms with van der Waals surface area (Å²) in [6.45, 7) is 14.0. The fourth-order valence-corrected chi connectivity index (χ4v) is 2.53. The molecular formula is C16H33NO. The minimum Gasteiger partial charge on any atom is -0.391 e. The molecule has 0 bridgehead atoms. The van der Waals surface area contributed by atoms with Gasteiger partial charge in [-0.15, -0.1) is 0 Å². The molecule has 0 saturated carbocycles. The third kappa shape index (κ3) is 4.74. The lowest BCUT2D eigenvalue weighted by Crippen LogP contribution is -2.52. The molecule has 0 aliphatic carbocycles. The number of likely N-dealkylation sites (N-methyl/N-ethyl adjacent to an activating group) is 1. The fraction of sp³-hybridized carbons (Fsp3) is 0.875. The van der Waals surface area contributed by atoms with Crippen molar-refractivity contribution in [3.63, 3.8) is 0 Å². The van der Waals surface area contributed by atoms with E-state index in [-0.39, 0.29) is 17.6 Å². The lowest BCUT2D eigenvalue weighted by molar-refractivity contribution is -0.0307. The monoisotopic (exact) mass is 255 g/mol. The molecule has 0 aliphatic rings. The Morgan fingerprint density at radius 3 is 2.22 bits per heavy atom. The molecule has 0 spiro atoms. The van der Waals surface area contributed by atoms with Gasteiger partial charge in [0.15, 0.2) is 0 Å². The van der Waals surface area contributed by atoms with E-state index < -0.39 is 0 Å². The van der Waals surface area contributed by atoms with Crippen LogP contribution in [0, 0.1) is 11.3 Å². The van der Waals surface area contributed by atoms with Gasteiger partial charge in [0.05, 0.1) is 6.10 Å². The van der Waals surface area contributed by atoms with Gasteiger partial charge >= 0.3 is 0 Å². The van der Waals surface area contributed by atoms with Crippen molar-refractivity contribution in [2.45, 2.75) is 66.5 Å². The van der Waals surface area contributed by atoms with E-state index in [2.05, 4.69) is 58.7 Å². The number of hydrogen-bond acceptors (Lipinski definition) is 2. The van der Waals surface area contributed by atoms with E-state index in [0.717, 1.165) is 19.4 Å². The molecule has 1 unspecified atom stereocenters. The van der Waals surface area contributed by atoms with Gasteiger partial charge in [0, 0.05) is 6.04 Å². The minimum absolute atomic E-state index is 0.133. The normalized spacial score (nSPS) is 18.3. The summed E-state index contributed by atoms with van der Waals surface area (Å²) in [6.07, 6.45) is 5.96. The predicted octanol–water partition coefficient (Wildman–Crippen LogP) is 3.71.